The van der Waals surface area contributed by atoms with Gasteiger partial charge in [-0.15, -0.1) is 0 Å². The fraction of sp³-hybridized carbons (Fsp3) is 0.923. The van der Waals surface area contributed by atoms with Gasteiger partial charge in [-0.2, -0.15) is 0 Å². The summed E-state index contributed by atoms with van der Waals surface area (Å²) in [5.74, 6) is -0.0392. The van der Waals surface area contributed by atoms with Crippen molar-refractivity contribution in [3.8, 4) is 0 Å². The molecule has 4 nitrogen and oxygen atoms in total. The molecule has 0 unspecified atom stereocenters. The first kappa shape index (κ1) is 12.8. The van der Waals surface area contributed by atoms with Gasteiger partial charge in [0.2, 0.25) is 0 Å². The third kappa shape index (κ3) is 2.99. The average molecular weight is 240 g/mol. The van der Waals surface area contributed by atoms with Crippen LogP contribution in [0.4, 0.5) is 0 Å². The number of carbonyl (C=O) groups excluding carboxylic acids is 1. The van der Waals surface area contributed by atoms with Gasteiger partial charge in [-0.05, 0) is 39.2 Å². The zero-order chi connectivity index (χ0) is 12.3. The Morgan fingerprint density at radius 1 is 1.35 bits per heavy atom. The molecule has 1 aliphatic carbocycles. The molecule has 0 atom stereocenters. The van der Waals surface area contributed by atoms with E-state index < -0.39 is 5.54 Å². The van der Waals surface area contributed by atoms with Crippen LogP contribution in [0.5, 0.6) is 0 Å². The largest absolute Gasteiger partial charge is 0.465 e. The lowest BCUT2D eigenvalue weighted by atomic mass is 9.87. The van der Waals surface area contributed by atoms with Crippen LogP contribution < -0.4 is 5.32 Å². The molecule has 0 radical (unpaired) electrons. The fourth-order valence-corrected chi connectivity index (χ4v) is 2.55. The normalized spacial score (nSPS) is 24.6. The molecule has 0 aromatic carbocycles. The van der Waals surface area contributed by atoms with Crippen molar-refractivity contribution in [2.24, 2.45) is 0 Å². The third-order valence-electron chi connectivity index (χ3n) is 3.88. The van der Waals surface area contributed by atoms with E-state index in [0.717, 1.165) is 32.5 Å². The van der Waals surface area contributed by atoms with E-state index in [4.69, 9.17) is 4.74 Å². The third-order valence-corrected chi connectivity index (χ3v) is 3.88. The summed E-state index contributed by atoms with van der Waals surface area (Å²) in [5, 5.41) is 3.53. The molecule has 1 saturated carbocycles. The Kier molecular flexibility index (Phi) is 4.05. The topological polar surface area (TPSA) is 41.6 Å². The Balaban J connectivity index is 1.99. The Hall–Kier alpha value is -0.610. The van der Waals surface area contributed by atoms with Crippen LogP contribution in [0.15, 0.2) is 0 Å². The maximum absolute atomic E-state index is 12.2. The predicted octanol–water partition coefficient (Wildman–Crippen LogP) is 1.16. The number of likely N-dealkylation sites (tertiary alicyclic amines) is 1. The highest BCUT2D eigenvalue weighted by Gasteiger charge is 2.45. The lowest BCUT2D eigenvalue weighted by molar-refractivity contribution is -0.153. The van der Waals surface area contributed by atoms with E-state index in [0.29, 0.717) is 12.6 Å². The number of hydrogen-bond donors (Lipinski definition) is 1. The number of esters is 1. The van der Waals surface area contributed by atoms with Gasteiger partial charge in [0.1, 0.15) is 5.54 Å². The molecular formula is C13H24N2O2. The zero-order valence-electron chi connectivity index (χ0n) is 11.0. The summed E-state index contributed by atoms with van der Waals surface area (Å²) in [4.78, 5) is 14.6. The minimum absolute atomic E-state index is 0.0392. The molecule has 1 N–H and O–H groups in total. The average Bonchev–Trinajstić information content (AvgIpc) is 3.14. The van der Waals surface area contributed by atoms with E-state index in [1.54, 1.807) is 0 Å². The molecule has 0 spiro atoms. The van der Waals surface area contributed by atoms with Crippen LogP contribution in [0.3, 0.4) is 0 Å². The van der Waals surface area contributed by atoms with E-state index in [1.165, 1.54) is 12.8 Å². The van der Waals surface area contributed by atoms with E-state index in [1.807, 2.05) is 6.92 Å². The predicted molar refractivity (Wildman–Crippen MR) is 66.9 cm³/mol. The van der Waals surface area contributed by atoms with Crippen molar-refractivity contribution in [1.82, 2.24) is 10.2 Å². The molecule has 0 aromatic heterocycles. The highest BCUT2D eigenvalue weighted by molar-refractivity contribution is 5.81. The van der Waals surface area contributed by atoms with Gasteiger partial charge < -0.3 is 9.64 Å². The quantitative estimate of drug-likeness (QED) is 0.732. The van der Waals surface area contributed by atoms with E-state index in [2.05, 4.69) is 17.1 Å². The summed E-state index contributed by atoms with van der Waals surface area (Å²) < 4.78 is 5.26. The first-order chi connectivity index (χ1) is 8.20. The van der Waals surface area contributed by atoms with Crippen LogP contribution in [-0.4, -0.2) is 48.7 Å². The molecule has 0 bridgehead atoms. The van der Waals surface area contributed by atoms with Crippen molar-refractivity contribution in [2.45, 2.75) is 51.1 Å². The lowest BCUT2D eigenvalue weighted by Crippen LogP contribution is -2.59. The van der Waals surface area contributed by atoms with Crippen molar-refractivity contribution >= 4 is 5.97 Å². The van der Waals surface area contributed by atoms with Gasteiger partial charge in [0.05, 0.1) is 6.61 Å². The van der Waals surface area contributed by atoms with Gasteiger partial charge in [-0.3, -0.25) is 10.1 Å². The molecule has 17 heavy (non-hydrogen) atoms. The molecule has 98 valence electrons. The van der Waals surface area contributed by atoms with Crippen molar-refractivity contribution in [3.05, 3.63) is 0 Å². The Morgan fingerprint density at radius 3 is 2.47 bits per heavy atom. The second kappa shape index (κ2) is 5.36. The van der Waals surface area contributed by atoms with Gasteiger partial charge in [0.25, 0.3) is 0 Å². The van der Waals surface area contributed by atoms with Crippen molar-refractivity contribution in [1.29, 1.82) is 0 Å². The molecule has 0 aromatic rings. The summed E-state index contributed by atoms with van der Waals surface area (Å²) in [6.45, 7) is 7.59. The minimum atomic E-state index is -0.400. The maximum atomic E-state index is 12.2. The summed E-state index contributed by atoms with van der Waals surface area (Å²) >= 11 is 0. The summed E-state index contributed by atoms with van der Waals surface area (Å²) in [6, 6.07) is 0.549. The number of ether oxygens (including phenoxy) is 1. The number of carbonyl (C=O) groups is 1. The van der Waals surface area contributed by atoms with Gasteiger partial charge in [-0.25, -0.2) is 0 Å². The van der Waals surface area contributed by atoms with Crippen LogP contribution in [0.1, 0.15) is 39.5 Å². The highest BCUT2D eigenvalue weighted by atomic mass is 16.5. The van der Waals surface area contributed by atoms with Crippen LogP contribution >= 0.6 is 0 Å². The molecule has 2 fully saturated rings. The van der Waals surface area contributed by atoms with Crippen molar-refractivity contribution in [2.75, 3.05) is 26.2 Å². The van der Waals surface area contributed by atoms with Gasteiger partial charge in [0.15, 0.2) is 0 Å². The molecule has 1 aliphatic heterocycles. The summed E-state index contributed by atoms with van der Waals surface area (Å²) in [7, 11) is 0. The molecule has 0 amide bonds. The molecule has 1 heterocycles. The summed E-state index contributed by atoms with van der Waals surface area (Å²) in [6.07, 6.45) is 4.18. The Morgan fingerprint density at radius 2 is 2.00 bits per heavy atom. The van der Waals surface area contributed by atoms with Gasteiger partial charge in [-0.1, -0.05) is 6.92 Å². The second-order valence-corrected chi connectivity index (χ2v) is 5.16. The zero-order valence-corrected chi connectivity index (χ0v) is 11.0. The van der Waals surface area contributed by atoms with Crippen molar-refractivity contribution in [3.63, 3.8) is 0 Å². The van der Waals surface area contributed by atoms with Crippen LogP contribution in [-0.2, 0) is 9.53 Å². The number of nitrogens with one attached hydrogen (secondary N) is 1. The standard InChI is InChI=1S/C13H24N2O2/c1-3-15-9-7-13(8-10-15,12(16)17-4-2)14-11-5-6-11/h11,14H,3-10H2,1-2H3. The van der Waals surface area contributed by atoms with Gasteiger partial charge >= 0.3 is 5.97 Å². The number of hydrogen-bond acceptors (Lipinski definition) is 4. The number of piperidine rings is 1. The SMILES string of the molecule is CCOC(=O)C1(NC2CC2)CCN(CC)CC1. The van der Waals surface area contributed by atoms with Gasteiger partial charge in [0, 0.05) is 19.1 Å². The molecular weight excluding hydrogens is 216 g/mol. The molecule has 2 aliphatic rings. The van der Waals surface area contributed by atoms with Crippen LogP contribution in [0, 0.1) is 0 Å². The minimum Gasteiger partial charge on any atom is -0.465 e. The van der Waals surface area contributed by atoms with E-state index in [9.17, 15) is 4.79 Å². The second-order valence-electron chi connectivity index (χ2n) is 5.16. The Bertz CT molecular complexity index is 269. The molecule has 2 rings (SSSR count). The smallest absolute Gasteiger partial charge is 0.326 e. The summed E-state index contributed by atoms with van der Waals surface area (Å²) in [5.41, 5.74) is -0.400. The fourth-order valence-electron chi connectivity index (χ4n) is 2.55. The first-order valence-corrected chi connectivity index (χ1v) is 6.87. The van der Waals surface area contributed by atoms with E-state index >= 15 is 0 Å². The monoisotopic (exact) mass is 240 g/mol. The van der Waals surface area contributed by atoms with Crippen LogP contribution in [0.25, 0.3) is 0 Å². The van der Waals surface area contributed by atoms with Crippen molar-refractivity contribution < 1.29 is 9.53 Å². The lowest BCUT2D eigenvalue weighted by Gasteiger charge is -2.40. The molecule has 1 saturated heterocycles. The number of nitrogens with zero attached hydrogens (tertiary/aromatic N) is 1. The Labute approximate surface area is 104 Å². The highest BCUT2D eigenvalue weighted by Crippen LogP contribution is 2.30. The molecule has 4 heteroatoms. The maximum Gasteiger partial charge on any atom is 0.326 e. The van der Waals surface area contributed by atoms with E-state index in [-0.39, 0.29) is 5.97 Å². The first-order valence-electron chi connectivity index (χ1n) is 6.87. The number of rotatable bonds is 5. The van der Waals surface area contributed by atoms with Crippen LogP contribution in [0.2, 0.25) is 0 Å².